The fraction of sp³-hybridized carbons (Fsp3) is 0.333. The predicted octanol–water partition coefficient (Wildman–Crippen LogP) is 4.19. The summed E-state index contributed by atoms with van der Waals surface area (Å²) in [5, 5.41) is 4.51. The summed E-state index contributed by atoms with van der Waals surface area (Å²) in [6, 6.07) is 7.13. The molecule has 9 nitrogen and oxygen atoms in total. The summed E-state index contributed by atoms with van der Waals surface area (Å²) >= 11 is 0. The highest BCUT2D eigenvalue weighted by molar-refractivity contribution is 7.98. The van der Waals surface area contributed by atoms with Crippen molar-refractivity contribution in [1.29, 1.82) is 0 Å². The van der Waals surface area contributed by atoms with Gasteiger partial charge in [-0.2, -0.15) is 4.39 Å². The monoisotopic (exact) mass is 589 g/mol. The number of allylic oxidation sites excluding steroid dienone is 1. The van der Waals surface area contributed by atoms with Gasteiger partial charge in [0, 0.05) is 43.3 Å². The molecular weight excluding hydrogens is 560 g/mol. The van der Waals surface area contributed by atoms with Crippen LogP contribution in [0.1, 0.15) is 53.8 Å². The van der Waals surface area contributed by atoms with Crippen LogP contribution in [0.4, 0.5) is 8.78 Å². The number of hydrogen-bond donors (Lipinski definition) is 0. The molecule has 2 fully saturated rings. The van der Waals surface area contributed by atoms with Gasteiger partial charge in [-0.15, -0.1) is 5.10 Å². The molecule has 0 saturated heterocycles. The van der Waals surface area contributed by atoms with Crippen molar-refractivity contribution in [3.8, 4) is 5.69 Å². The zero-order valence-electron chi connectivity index (χ0n) is 23.0. The van der Waals surface area contributed by atoms with Gasteiger partial charge in [0.05, 0.1) is 27.0 Å². The average molecular weight is 590 g/mol. The highest BCUT2D eigenvalue weighted by atomic mass is 32.2. The molecule has 7 rings (SSSR count). The molecule has 2 saturated carbocycles. The number of carbonyl (C=O) groups excluding carboxylic acids is 1. The van der Waals surface area contributed by atoms with E-state index in [4.69, 9.17) is 0 Å². The number of fused-ring (bicyclic) bond motifs is 2. The second kappa shape index (κ2) is 9.77. The number of hydrogen-bond acceptors (Lipinski definition) is 6. The molecule has 42 heavy (non-hydrogen) atoms. The van der Waals surface area contributed by atoms with Crippen LogP contribution in [0, 0.1) is 17.2 Å². The molecule has 0 aromatic carbocycles. The van der Waals surface area contributed by atoms with Gasteiger partial charge in [-0.05, 0) is 80.3 Å². The van der Waals surface area contributed by atoms with Crippen LogP contribution in [0.3, 0.4) is 0 Å². The molecule has 0 spiro atoms. The predicted molar refractivity (Wildman–Crippen MR) is 153 cm³/mol. The van der Waals surface area contributed by atoms with Gasteiger partial charge in [0.25, 0.3) is 0 Å². The Kier molecular flexibility index (Phi) is 6.24. The van der Waals surface area contributed by atoms with Crippen LogP contribution in [-0.2, 0) is 23.2 Å². The smallest absolute Gasteiger partial charge is 0.244 e. The van der Waals surface area contributed by atoms with Crippen molar-refractivity contribution in [3.63, 3.8) is 0 Å². The highest BCUT2D eigenvalue weighted by Gasteiger charge is 2.53. The maximum absolute atomic E-state index is 14.4. The van der Waals surface area contributed by atoms with Crippen LogP contribution >= 0.6 is 0 Å². The maximum Gasteiger partial charge on any atom is 0.244 e. The molecular formula is C30H29F2N7O2S. The molecule has 0 N–H and O–H groups in total. The minimum atomic E-state index is -3.03. The van der Waals surface area contributed by atoms with Crippen LogP contribution in [-0.4, -0.2) is 61.6 Å². The van der Waals surface area contributed by atoms with Crippen molar-refractivity contribution < 1.29 is 17.8 Å². The van der Waals surface area contributed by atoms with E-state index in [-0.39, 0.29) is 28.7 Å². The summed E-state index contributed by atoms with van der Waals surface area (Å²) in [5.74, 6) is 2.77. The lowest BCUT2D eigenvalue weighted by atomic mass is 9.60. The molecule has 0 amide bonds. The van der Waals surface area contributed by atoms with Crippen molar-refractivity contribution in [2.75, 3.05) is 0 Å². The number of aryl methyl sites for hydroxylation is 1. The largest absolute Gasteiger partial charge is 0.315 e. The molecule has 0 bridgehead atoms. The minimum Gasteiger partial charge on any atom is -0.315 e. The van der Waals surface area contributed by atoms with E-state index in [0.29, 0.717) is 31.4 Å². The minimum absolute atomic E-state index is 0.0555. The second-order valence-electron chi connectivity index (χ2n) is 11.4. The van der Waals surface area contributed by atoms with Gasteiger partial charge in [0.15, 0.2) is 5.78 Å². The van der Waals surface area contributed by atoms with Crippen LogP contribution in [0.5, 0.6) is 0 Å². The Labute approximate surface area is 242 Å². The van der Waals surface area contributed by atoms with E-state index in [2.05, 4.69) is 25.9 Å². The van der Waals surface area contributed by atoms with Gasteiger partial charge in [0.2, 0.25) is 11.1 Å². The quantitative estimate of drug-likeness (QED) is 0.182. The van der Waals surface area contributed by atoms with E-state index in [1.165, 1.54) is 41.6 Å². The van der Waals surface area contributed by atoms with Crippen molar-refractivity contribution in [2.45, 2.75) is 55.8 Å². The number of halogens is 2. The standard InChI is InChI=1S/C30H29F2N7O2S/c1-37-18-35-29(36-37)42(2,41)39(22-5-6-22)23-4-3-20-13-26-19(10-12-38(26)24-7-8-27(32)34-17-24)15-30(20,16-23)28(40)25-14-21(31)9-11-33-25/h7-14,17-18,22-23H,2-6,15-16H2,1H3/t23-,30-,42?/m0/s1. The molecule has 3 aliphatic carbocycles. The first-order valence-corrected chi connectivity index (χ1v) is 15.5. The van der Waals surface area contributed by atoms with Crippen molar-refractivity contribution in [1.82, 2.24) is 33.6 Å². The number of Topliss-reactive ketones (excluding diaryl/α,β-unsaturated/α-hetero) is 1. The fourth-order valence-corrected chi connectivity index (χ4v) is 8.60. The Balaban J connectivity index is 1.32. The second-order valence-corrected chi connectivity index (χ2v) is 13.4. The number of rotatable bonds is 7. The normalized spacial score (nSPS) is 23.1. The van der Waals surface area contributed by atoms with E-state index in [1.807, 2.05) is 27.2 Å². The number of pyridine rings is 2. The first-order valence-electron chi connectivity index (χ1n) is 13.9. The molecule has 4 aromatic rings. The van der Waals surface area contributed by atoms with Gasteiger partial charge in [-0.1, -0.05) is 5.57 Å². The highest BCUT2D eigenvalue weighted by Crippen LogP contribution is 2.52. The first-order chi connectivity index (χ1) is 20.2. The lowest BCUT2D eigenvalue weighted by Crippen LogP contribution is -2.51. The molecule has 4 aromatic heterocycles. The van der Waals surface area contributed by atoms with Crippen LogP contribution in [0.15, 0.2) is 66.0 Å². The summed E-state index contributed by atoms with van der Waals surface area (Å²) in [5.41, 5.74) is 2.47. The maximum atomic E-state index is 14.4. The van der Waals surface area contributed by atoms with E-state index in [0.717, 1.165) is 29.7 Å². The molecule has 216 valence electrons. The van der Waals surface area contributed by atoms with Gasteiger partial charge < -0.3 is 4.57 Å². The third-order valence-electron chi connectivity index (χ3n) is 8.61. The van der Waals surface area contributed by atoms with E-state index in [1.54, 1.807) is 13.1 Å². The molecule has 0 aliphatic heterocycles. The Morgan fingerprint density at radius 3 is 2.64 bits per heavy atom. The van der Waals surface area contributed by atoms with Crippen LogP contribution in [0.25, 0.3) is 11.8 Å². The van der Waals surface area contributed by atoms with E-state index >= 15 is 0 Å². The Morgan fingerprint density at radius 1 is 1.12 bits per heavy atom. The summed E-state index contributed by atoms with van der Waals surface area (Å²) in [7, 11) is -1.31. The molecule has 1 unspecified atom stereocenters. The SMILES string of the molecule is C=S(=O)(c1ncn(C)n1)N(C1CC1)[C@H]1CCC2=Cc3c(ccn3-c3ccc(F)nc3)C[C@]2(C(=O)c2cc(F)ccn2)C1. The molecule has 12 heteroatoms. The number of nitrogens with zero attached hydrogens (tertiary/aromatic N) is 7. The van der Waals surface area contributed by atoms with Crippen molar-refractivity contribution in [2.24, 2.45) is 12.5 Å². The molecule has 3 atom stereocenters. The Bertz CT molecular complexity index is 1840. The van der Waals surface area contributed by atoms with Gasteiger partial charge >= 0.3 is 0 Å². The summed E-state index contributed by atoms with van der Waals surface area (Å²) in [6.07, 6.45) is 11.9. The third-order valence-corrected chi connectivity index (χ3v) is 10.6. The van der Waals surface area contributed by atoms with Crippen LogP contribution < -0.4 is 0 Å². The summed E-state index contributed by atoms with van der Waals surface area (Å²) in [4.78, 5) is 26.8. The fourth-order valence-electron chi connectivity index (χ4n) is 6.59. The van der Waals surface area contributed by atoms with Gasteiger partial charge in [0.1, 0.15) is 17.8 Å². The average Bonchev–Trinajstić information content (AvgIpc) is 3.55. The lowest BCUT2D eigenvalue weighted by Gasteiger charge is -2.47. The summed E-state index contributed by atoms with van der Waals surface area (Å²) in [6.45, 7) is 0. The van der Waals surface area contributed by atoms with E-state index < -0.39 is 26.9 Å². The molecule has 0 radical (unpaired) electrons. The Hall–Kier alpha value is -4.03. The molecule has 3 aliphatic rings. The van der Waals surface area contributed by atoms with Crippen molar-refractivity contribution >= 4 is 27.4 Å². The van der Waals surface area contributed by atoms with Gasteiger partial charge in [-0.25, -0.2) is 22.9 Å². The van der Waals surface area contributed by atoms with E-state index in [9.17, 15) is 17.8 Å². The van der Waals surface area contributed by atoms with Crippen LogP contribution in [0.2, 0.25) is 0 Å². The number of carbonyl (C=O) groups is 1. The topological polar surface area (TPSA) is 98.8 Å². The zero-order valence-corrected chi connectivity index (χ0v) is 23.8. The number of ketones is 1. The van der Waals surface area contributed by atoms with Crippen molar-refractivity contribution in [3.05, 3.63) is 89.5 Å². The van der Waals surface area contributed by atoms with Gasteiger partial charge in [-0.3, -0.25) is 14.5 Å². The lowest BCUT2D eigenvalue weighted by molar-refractivity contribution is 0.0735. The zero-order chi connectivity index (χ0) is 29.2. The molecule has 4 heterocycles. The summed E-state index contributed by atoms with van der Waals surface area (Å²) < 4.78 is 47.6. The Morgan fingerprint density at radius 2 is 1.95 bits per heavy atom. The number of aromatic nitrogens is 6. The third kappa shape index (κ3) is 4.40. The first kappa shape index (κ1) is 26.8.